The third kappa shape index (κ3) is 6.29. The van der Waals surface area contributed by atoms with Crippen LogP contribution >= 0.6 is 0 Å². The Morgan fingerprint density at radius 3 is 2.27 bits per heavy atom. The second-order valence-electron chi connectivity index (χ2n) is 7.68. The number of ether oxygens (including phenoxy) is 2. The molecule has 0 radical (unpaired) electrons. The van der Waals surface area contributed by atoms with Crippen LogP contribution in [-0.4, -0.2) is 41.3 Å². The molecule has 2 aromatic carbocycles. The molecule has 1 fully saturated rings. The summed E-state index contributed by atoms with van der Waals surface area (Å²) in [7, 11) is 0. The molecule has 5 nitrogen and oxygen atoms in total. The van der Waals surface area contributed by atoms with Crippen LogP contribution in [0.4, 0.5) is 0 Å². The Hall–Kier alpha value is -2.92. The van der Waals surface area contributed by atoms with Crippen LogP contribution in [0.3, 0.4) is 0 Å². The molecule has 0 amide bonds. The van der Waals surface area contributed by atoms with Gasteiger partial charge >= 0.3 is 0 Å². The number of aromatic nitrogens is 2. The van der Waals surface area contributed by atoms with Crippen molar-refractivity contribution in [2.45, 2.75) is 32.3 Å². The molecule has 1 saturated heterocycles. The lowest BCUT2D eigenvalue weighted by Gasteiger charge is -2.15. The first kappa shape index (κ1) is 20.4. The molecule has 1 aliphatic heterocycles. The Bertz CT molecular complexity index is 877. The van der Waals surface area contributed by atoms with Crippen molar-refractivity contribution in [2.75, 3.05) is 26.2 Å². The van der Waals surface area contributed by atoms with E-state index in [2.05, 4.69) is 39.4 Å². The fourth-order valence-electron chi connectivity index (χ4n) is 3.61. The van der Waals surface area contributed by atoms with Crippen molar-refractivity contribution >= 4 is 0 Å². The van der Waals surface area contributed by atoms with Crippen LogP contribution < -0.4 is 9.47 Å². The molecular weight excluding hydrogens is 374 g/mol. The Balaban J connectivity index is 1.18. The highest BCUT2D eigenvalue weighted by Crippen LogP contribution is 2.15. The number of rotatable bonds is 10. The predicted molar refractivity (Wildman–Crippen MR) is 118 cm³/mol. The molecule has 30 heavy (non-hydrogen) atoms. The van der Waals surface area contributed by atoms with Crippen LogP contribution in [0, 0.1) is 0 Å². The van der Waals surface area contributed by atoms with Crippen LogP contribution in [0.2, 0.25) is 0 Å². The van der Waals surface area contributed by atoms with Crippen molar-refractivity contribution in [3.63, 3.8) is 0 Å². The molecule has 2 heterocycles. The van der Waals surface area contributed by atoms with Gasteiger partial charge in [0.25, 0.3) is 0 Å². The smallest absolute Gasteiger partial charge is 0.233 e. The fraction of sp³-hybridized carbons (Fsp3) is 0.360. The SMILES string of the molecule is c1ccc(COc2ccc(CCc3ccc(OCCN4CCCC4)cc3)nn2)cc1. The predicted octanol–water partition coefficient (Wildman–Crippen LogP) is 4.32. The molecule has 1 aliphatic rings. The molecular formula is C25H29N3O2. The summed E-state index contributed by atoms with van der Waals surface area (Å²) in [5.41, 5.74) is 3.35. The number of benzene rings is 2. The lowest BCUT2D eigenvalue weighted by Crippen LogP contribution is -2.25. The average molecular weight is 404 g/mol. The van der Waals surface area contributed by atoms with E-state index < -0.39 is 0 Å². The van der Waals surface area contributed by atoms with Gasteiger partial charge in [0.2, 0.25) is 5.88 Å². The van der Waals surface area contributed by atoms with Gasteiger partial charge in [0.1, 0.15) is 19.0 Å². The van der Waals surface area contributed by atoms with E-state index in [0.29, 0.717) is 12.5 Å². The zero-order valence-corrected chi connectivity index (χ0v) is 17.4. The second kappa shape index (κ2) is 10.7. The molecule has 0 atom stereocenters. The number of hydrogen-bond donors (Lipinski definition) is 0. The maximum atomic E-state index is 5.88. The first-order chi connectivity index (χ1) is 14.8. The summed E-state index contributed by atoms with van der Waals surface area (Å²) in [6.07, 6.45) is 4.42. The molecule has 3 aromatic rings. The van der Waals surface area contributed by atoms with Gasteiger partial charge in [0, 0.05) is 12.6 Å². The summed E-state index contributed by atoms with van der Waals surface area (Å²) >= 11 is 0. The van der Waals surface area contributed by atoms with Crippen LogP contribution in [0.25, 0.3) is 0 Å². The molecule has 0 aliphatic carbocycles. The van der Waals surface area contributed by atoms with E-state index in [1.54, 1.807) is 0 Å². The lowest BCUT2D eigenvalue weighted by molar-refractivity contribution is 0.238. The highest BCUT2D eigenvalue weighted by Gasteiger charge is 2.10. The quantitative estimate of drug-likeness (QED) is 0.505. The van der Waals surface area contributed by atoms with Crippen LogP contribution in [0.1, 0.15) is 29.7 Å². The van der Waals surface area contributed by atoms with Gasteiger partial charge in [-0.25, -0.2) is 0 Å². The van der Waals surface area contributed by atoms with E-state index in [9.17, 15) is 0 Å². The zero-order valence-electron chi connectivity index (χ0n) is 17.4. The van der Waals surface area contributed by atoms with E-state index in [1.807, 2.05) is 42.5 Å². The molecule has 0 N–H and O–H groups in total. The topological polar surface area (TPSA) is 47.5 Å². The summed E-state index contributed by atoms with van der Waals surface area (Å²) < 4.78 is 11.6. The summed E-state index contributed by atoms with van der Waals surface area (Å²) in [4.78, 5) is 2.47. The van der Waals surface area contributed by atoms with E-state index in [-0.39, 0.29) is 0 Å². The largest absolute Gasteiger partial charge is 0.492 e. The highest BCUT2D eigenvalue weighted by atomic mass is 16.5. The van der Waals surface area contributed by atoms with Crippen molar-refractivity contribution in [2.24, 2.45) is 0 Å². The molecule has 5 heteroatoms. The van der Waals surface area contributed by atoms with Crippen LogP contribution in [0.15, 0.2) is 66.7 Å². The van der Waals surface area contributed by atoms with Gasteiger partial charge < -0.3 is 9.47 Å². The first-order valence-corrected chi connectivity index (χ1v) is 10.8. The normalized spacial score (nSPS) is 14.0. The van der Waals surface area contributed by atoms with E-state index in [4.69, 9.17) is 9.47 Å². The minimum atomic E-state index is 0.501. The summed E-state index contributed by atoms with van der Waals surface area (Å²) in [6, 6.07) is 22.3. The molecule has 0 saturated carbocycles. The molecule has 1 aromatic heterocycles. The van der Waals surface area contributed by atoms with Gasteiger partial charge in [-0.1, -0.05) is 42.5 Å². The summed E-state index contributed by atoms with van der Waals surface area (Å²) in [5, 5.41) is 8.49. The highest BCUT2D eigenvalue weighted by molar-refractivity contribution is 5.28. The molecule has 0 bridgehead atoms. The average Bonchev–Trinajstić information content (AvgIpc) is 3.32. The summed E-state index contributed by atoms with van der Waals surface area (Å²) in [6.45, 7) is 4.71. The van der Waals surface area contributed by atoms with E-state index in [0.717, 1.165) is 43.0 Å². The van der Waals surface area contributed by atoms with E-state index in [1.165, 1.54) is 31.5 Å². The standard InChI is InChI=1S/C25H29N3O2/c1-2-6-22(7-3-1)20-30-25-15-12-23(26-27-25)11-8-21-9-13-24(14-10-21)29-19-18-28-16-4-5-17-28/h1-3,6-7,9-10,12-15H,4-5,8,11,16-20H2. The maximum absolute atomic E-state index is 5.88. The third-order valence-electron chi connectivity index (χ3n) is 5.39. The monoisotopic (exact) mass is 403 g/mol. The van der Waals surface area contributed by atoms with Gasteiger partial charge in [-0.05, 0) is 68.1 Å². The van der Waals surface area contributed by atoms with Crippen molar-refractivity contribution in [1.82, 2.24) is 15.1 Å². The Morgan fingerprint density at radius 1 is 0.733 bits per heavy atom. The number of nitrogens with zero attached hydrogens (tertiary/aromatic N) is 3. The molecule has 156 valence electrons. The van der Waals surface area contributed by atoms with Gasteiger partial charge in [0.05, 0.1) is 5.69 Å². The minimum absolute atomic E-state index is 0.501. The number of aryl methyl sites for hydroxylation is 2. The number of hydrogen-bond acceptors (Lipinski definition) is 5. The van der Waals surface area contributed by atoms with Gasteiger partial charge in [-0.3, -0.25) is 4.90 Å². The molecule has 4 rings (SSSR count). The lowest BCUT2D eigenvalue weighted by atomic mass is 10.1. The fourth-order valence-corrected chi connectivity index (χ4v) is 3.61. The number of likely N-dealkylation sites (tertiary alicyclic amines) is 1. The van der Waals surface area contributed by atoms with Crippen LogP contribution in [0.5, 0.6) is 11.6 Å². The van der Waals surface area contributed by atoms with Crippen molar-refractivity contribution in [1.29, 1.82) is 0 Å². The minimum Gasteiger partial charge on any atom is -0.492 e. The molecule has 0 unspecified atom stereocenters. The van der Waals surface area contributed by atoms with Crippen molar-refractivity contribution < 1.29 is 9.47 Å². The first-order valence-electron chi connectivity index (χ1n) is 10.8. The second-order valence-corrected chi connectivity index (χ2v) is 7.68. The molecule has 0 spiro atoms. The Morgan fingerprint density at radius 2 is 1.53 bits per heavy atom. The van der Waals surface area contributed by atoms with Gasteiger partial charge in [-0.2, -0.15) is 5.10 Å². The third-order valence-corrected chi connectivity index (χ3v) is 5.39. The van der Waals surface area contributed by atoms with E-state index >= 15 is 0 Å². The Kier molecular flexibility index (Phi) is 7.29. The maximum Gasteiger partial charge on any atom is 0.233 e. The summed E-state index contributed by atoms with van der Waals surface area (Å²) in [5.74, 6) is 1.50. The zero-order chi connectivity index (χ0) is 20.4. The van der Waals surface area contributed by atoms with Gasteiger partial charge in [-0.15, -0.1) is 5.10 Å². The van der Waals surface area contributed by atoms with Crippen molar-refractivity contribution in [3.8, 4) is 11.6 Å². The van der Waals surface area contributed by atoms with Crippen LogP contribution in [-0.2, 0) is 19.4 Å². The van der Waals surface area contributed by atoms with Crippen molar-refractivity contribution in [3.05, 3.63) is 83.6 Å². The van der Waals surface area contributed by atoms with Gasteiger partial charge in [0.15, 0.2) is 0 Å². The Labute approximate surface area is 178 Å².